The maximum absolute atomic E-state index is 8.50. The molecule has 0 amide bonds. The SMILES string of the molecule is N#CCc1nc(-c2ccc(Cl)s2)cs1. The summed E-state index contributed by atoms with van der Waals surface area (Å²) in [5, 5.41) is 11.3. The van der Waals surface area contributed by atoms with Crippen LogP contribution in [0.15, 0.2) is 17.5 Å². The molecule has 0 N–H and O–H groups in total. The molecule has 2 rings (SSSR count). The zero-order valence-electron chi connectivity index (χ0n) is 7.03. The predicted molar refractivity (Wildman–Crippen MR) is 59.8 cm³/mol. The van der Waals surface area contributed by atoms with Crippen LogP contribution in [0.5, 0.6) is 0 Å². The highest BCUT2D eigenvalue weighted by molar-refractivity contribution is 7.19. The quantitative estimate of drug-likeness (QED) is 0.804. The fourth-order valence-corrected chi connectivity index (χ4v) is 2.83. The third-order valence-corrected chi connectivity index (χ3v) is 3.71. The summed E-state index contributed by atoms with van der Waals surface area (Å²) in [6.07, 6.45) is 0.379. The van der Waals surface area contributed by atoms with Crippen LogP contribution in [0.2, 0.25) is 4.34 Å². The first-order chi connectivity index (χ1) is 6.79. The lowest BCUT2D eigenvalue weighted by molar-refractivity contribution is 1.19. The zero-order chi connectivity index (χ0) is 9.97. The Hall–Kier alpha value is -0.890. The van der Waals surface area contributed by atoms with Gasteiger partial charge in [-0.3, -0.25) is 0 Å². The van der Waals surface area contributed by atoms with Crippen LogP contribution < -0.4 is 0 Å². The minimum atomic E-state index is 0.379. The molecule has 2 aromatic rings. The van der Waals surface area contributed by atoms with Crippen LogP contribution in [-0.2, 0) is 6.42 Å². The summed E-state index contributed by atoms with van der Waals surface area (Å²) in [4.78, 5) is 5.38. The zero-order valence-corrected chi connectivity index (χ0v) is 9.42. The van der Waals surface area contributed by atoms with Gasteiger partial charge in [0.2, 0.25) is 0 Å². The standard InChI is InChI=1S/C9H5ClN2S2/c10-8-2-1-7(14-8)6-5-13-9(12-6)3-4-11/h1-2,5H,3H2. The molecule has 0 atom stereocenters. The average molecular weight is 241 g/mol. The van der Waals surface area contributed by atoms with Crippen molar-refractivity contribution in [1.29, 1.82) is 5.26 Å². The van der Waals surface area contributed by atoms with Gasteiger partial charge < -0.3 is 0 Å². The topological polar surface area (TPSA) is 36.7 Å². The van der Waals surface area contributed by atoms with E-state index in [1.807, 2.05) is 17.5 Å². The van der Waals surface area contributed by atoms with Crippen molar-refractivity contribution in [2.75, 3.05) is 0 Å². The molecule has 0 saturated heterocycles. The van der Waals surface area contributed by atoms with Crippen molar-refractivity contribution in [2.24, 2.45) is 0 Å². The van der Waals surface area contributed by atoms with Crippen molar-refractivity contribution in [2.45, 2.75) is 6.42 Å². The molecule has 0 spiro atoms. The maximum Gasteiger partial charge on any atom is 0.107 e. The Morgan fingerprint density at radius 1 is 1.50 bits per heavy atom. The highest BCUT2D eigenvalue weighted by Gasteiger charge is 2.06. The largest absolute Gasteiger partial charge is 0.239 e. The molecule has 0 saturated carbocycles. The number of hydrogen-bond donors (Lipinski definition) is 0. The van der Waals surface area contributed by atoms with Gasteiger partial charge in [0, 0.05) is 5.38 Å². The molecule has 0 aromatic carbocycles. The van der Waals surface area contributed by atoms with Crippen LogP contribution in [0.25, 0.3) is 10.6 Å². The van der Waals surface area contributed by atoms with Crippen molar-refractivity contribution < 1.29 is 0 Å². The van der Waals surface area contributed by atoms with Crippen molar-refractivity contribution in [1.82, 2.24) is 4.98 Å². The Balaban J connectivity index is 2.30. The second-order valence-electron chi connectivity index (χ2n) is 2.57. The Morgan fingerprint density at radius 3 is 3.00 bits per heavy atom. The smallest absolute Gasteiger partial charge is 0.107 e. The molecule has 0 fully saturated rings. The molecular weight excluding hydrogens is 236 g/mol. The van der Waals surface area contributed by atoms with Crippen molar-refractivity contribution in [3.05, 3.63) is 26.9 Å². The van der Waals surface area contributed by atoms with Gasteiger partial charge in [0.25, 0.3) is 0 Å². The number of thiophene rings is 1. The second kappa shape index (κ2) is 4.09. The summed E-state index contributed by atoms with van der Waals surface area (Å²) in [6, 6.07) is 5.87. The molecule has 2 heterocycles. The minimum Gasteiger partial charge on any atom is -0.239 e. The van der Waals surface area contributed by atoms with E-state index in [0.717, 1.165) is 19.9 Å². The van der Waals surface area contributed by atoms with Crippen molar-refractivity contribution in [3.63, 3.8) is 0 Å². The fourth-order valence-electron chi connectivity index (χ4n) is 1.02. The lowest BCUT2D eigenvalue weighted by Gasteiger charge is -1.86. The lowest BCUT2D eigenvalue weighted by Crippen LogP contribution is -1.78. The number of hydrogen-bond acceptors (Lipinski definition) is 4. The Labute approximate surface area is 94.4 Å². The van der Waals surface area contributed by atoms with E-state index in [-0.39, 0.29) is 0 Å². The molecular formula is C9H5ClN2S2. The summed E-state index contributed by atoms with van der Waals surface area (Å²) in [5.74, 6) is 0. The first kappa shape index (κ1) is 9.66. The van der Waals surface area contributed by atoms with Crippen molar-refractivity contribution >= 4 is 34.3 Å². The van der Waals surface area contributed by atoms with Gasteiger partial charge in [0.1, 0.15) is 5.01 Å². The van der Waals surface area contributed by atoms with Crippen LogP contribution in [-0.4, -0.2) is 4.98 Å². The van der Waals surface area contributed by atoms with E-state index in [9.17, 15) is 0 Å². The molecule has 2 nitrogen and oxygen atoms in total. The predicted octanol–water partition coefficient (Wildman–Crippen LogP) is 3.59. The van der Waals surface area contributed by atoms with E-state index < -0.39 is 0 Å². The van der Waals surface area contributed by atoms with E-state index in [1.165, 1.54) is 22.7 Å². The first-order valence-electron chi connectivity index (χ1n) is 3.86. The summed E-state index contributed by atoms with van der Waals surface area (Å²) < 4.78 is 0.759. The van der Waals surface area contributed by atoms with Crippen LogP contribution >= 0.6 is 34.3 Å². The molecule has 0 bridgehead atoms. The highest BCUT2D eigenvalue weighted by atomic mass is 35.5. The van der Waals surface area contributed by atoms with E-state index in [2.05, 4.69) is 11.1 Å². The van der Waals surface area contributed by atoms with Crippen LogP contribution in [0, 0.1) is 11.3 Å². The van der Waals surface area contributed by atoms with Gasteiger partial charge in [0.15, 0.2) is 0 Å². The number of nitrogens with zero attached hydrogens (tertiary/aromatic N) is 2. The summed E-state index contributed by atoms with van der Waals surface area (Å²) in [7, 11) is 0. The van der Waals surface area contributed by atoms with Gasteiger partial charge >= 0.3 is 0 Å². The van der Waals surface area contributed by atoms with Gasteiger partial charge in [-0.1, -0.05) is 11.6 Å². The molecule has 0 aliphatic rings. The normalized spacial score (nSPS) is 10.0. The third-order valence-electron chi connectivity index (χ3n) is 1.61. The molecule has 2 aromatic heterocycles. The van der Waals surface area contributed by atoms with Gasteiger partial charge in [0.05, 0.1) is 27.4 Å². The maximum atomic E-state index is 8.50. The van der Waals surface area contributed by atoms with E-state index in [4.69, 9.17) is 16.9 Å². The Bertz CT molecular complexity index is 481. The third kappa shape index (κ3) is 1.95. The molecule has 0 aliphatic carbocycles. The second-order valence-corrected chi connectivity index (χ2v) is 5.22. The lowest BCUT2D eigenvalue weighted by atomic mass is 10.4. The number of aromatic nitrogens is 1. The molecule has 70 valence electrons. The molecule has 0 aliphatic heterocycles. The molecule has 0 unspecified atom stereocenters. The summed E-state index contributed by atoms with van der Waals surface area (Å²) in [6.45, 7) is 0. The van der Waals surface area contributed by atoms with Crippen LogP contribution in [0.3, 0.4) is 0 Å². The summed E-state index contributed by atoms with van der Waals surface area (Å²) >= 11 is 8.83. The van der Waals surface area contributed by atoms with Crippen molar-refractivity contribution in [3.8, 4) is 16.6 Å². The van der Waals surface area contributed by atoms with E-state index >= 15 is 0 Å². The van der Waals surface area contributed by atoms with E-state index in [0.29, 0.717) is 6.42 Å². The van der Waals surface area contributed by atoms with Gasteiger partial charge in [-0.05, 0) is 12.1 Å². The van der Waals surface area contributed by atoms with E-state index in [1.54, 1.807) is 0 Å². The molecule has 5 heteroatoms. The Kier molecular flexibility index (Phi) is 2.82. The van der Waals surface area contributed by atoms with Gasteiger partial charge in [-0.25, -0.2) is 4.98 Å². The molecule has 0 radical (unpaired) electrons. The molecule has 14 heavy (non-hydrogen) atoms. The minimum absolute atomic E-state index is 0.379. The Morgan fingerprint density at radius 2 is 2.36 bits per heavy atom. The fraction of sp³-hybridized carbons (Fsp3) is 0.111. The van der Waals surface area contributed by atoms with Gasteiger partial charge in [-0.2, -0.15) is 5.26 Å². The number of nitriles is 1. The number of halogens is 1. The highest BCUT2D eigenvalue weighted by Crippen LogP contribution is 2.31. The monoisotopic (exact) mass is 240 g/mol. The van der Waals surface area contributed by atoms with Crippen LogP contribution in [0.4, 0.5) is 0 Å². The first-order valence-corrected chi connectivity index (χ1v) is 5.94. The van der Waals surface area contributed by atoms with Gasteiger partial charge in [-0.15, -0.1) is 22.7 Å². The summed E-state index contributed by atoms with van der Waals surface area (Å²) in [5.41, 5.74) is 0.914. The van der Waals surface area contributed by atoms with Crippen LogP contribution in [0.1, 0.15) is 5.01 Å². The average Bonchev–Trinajstić information content (AvgIpc) is 2.74. The number of thiazole rings is 1. The number of rotatable bonds is 2.